The molecule has 0 spiro atoms. The van der Waals surface area contributed by atoms with Crippen LogP contribution >= 0.6 is 11.3 Å². The van der Waals surface area contributed by atoms with Crippen LogP contribution in [0.4, 0.5) is 5.13 Å². The first-order chi connectivity index (χ1) is 15.5. The Labute approximate surface area is 191 Å². The Balaban J connectivity index is 1.29. The number of anilines is 1. The van der Waals surface area contributed by atoms with Gasteiger partial charge in [-0.1, -0.05) is 23.5 Å². The van der Waals surface area contributed by atoms with Gasteiger partial charge in [-0.25, -0.2) is 4.98 Å². The number of carbonyl (C=O) groups excluding carboxylic acids is 1. The standard InChI is InChI=1S/C23H27N7OS/c1-15-22(32-23(26-15)27-20(31)14-30-8-6-28(2)7-9-30)16-4-5-19-17(10-16)11-24-21(19)18-12-25-29(3)13-18/h4-5,10,12-13H,6-9,11,14H2,1-3H3,(H,26,27,31). The van der Waals surface area contributed by atoms with Crippen LogP contribution in [0.25, 0.3) is 10.4 Å². The van der Waals surface area contributed by atoms with E-state index in [4.69, 9.17) is 4.99 Å². The molecule has 166 valence electrons. The highest BCUT2D eigenvalue weighted by Crippen LogP contribution is 2.35. The summed E-state index contributed by atoms with van der Waals surface area (Å²) in [4.78, 5) is 27.4. The fourth-order valence-corrected chi connectivity index (χ4v) is 5.20. The number of aromatic nitrogens is 3. The largest absolute Gasteiger partial charge is 0.304 e. The highest BCUT2D eigenvalue weighted by atomic mass is 32.1. The number of benzene rings is 1. The Morgan fingerprint density at radius 2 is 1.97 bits per heavy atom. The van der Waals surface area contributed by atoms with E-state index in [1.165, 1.54) is 16.9 Å². The Bertz CT molecular complexity index is 1190. The molecular weight excluding hydrogens is 422 g/mol. The van der Waals surface area contributed by atoms with Crippen molar-refractivity contribution in [3.8, 4) is 10.4 Å². The van der Waals surface area contributed by atoms with Gasteiger partial charge in [0.1, 0.15) is 0 Å². The molecule has 2 aromatic heterocycles. The van der Waals surface area contributed by atoms with Gasteiger partial charge >= 0.3 is 0 Å². The number of hydrogen-bond donors (Lipinski definition) is 1. The molecule has 0 aliphatic carbocycles. The number of carbonyl (C=O) groups is 1. The van der Waals surface area contributed by atoms with Crippen LogP contribution in [0.5, 0.6) is 0 Å². The maximum atomic E-state index is 12.5. The Kier molecular flexibility index (Phi) is 5.62. The van der Waals surface area contributed by atoms with Gasteiger partial charge in [0.2, 0.25) is 5.91 Å². The van der Waals surface area contributed by atoms with Gasteiger partial charge in [-0.3, -0.25) is 19.4 Å². The minimum Gasteiger partial charge on any atom is -0.304 e. The van der Waals surface area contributed by atoms with Crippen LogP contribution < -0.4 is 5.32 Å². The first-order valence-corrected chi connectivity index (χ1v) is 11.6. The van der Waals surface area contributed by atoms with E-state index in [-0.39, 0.29) is 5.91 Å². The highest BCUT2D eigenvalue weighted by molar-refractivity contribution is 7.19. The number of nitrogens with zero attached hydrogens (tertiary/aromatic N) is 6. The minimum absolute atomic E-state index is 0.00156. The summed E-state index contributed by atoms with van der Waals surface area (Å²) in [5, 5.41) is 7.92. The monoisotopic (exact) mass is 449 g/mol. The third-order valence-electron chi connectivity index (χ3n) is 6.01. The van der Waals surface area contributed by atoms with Crippen LogP contribution in [0.3, 0.4) is 0 Å². The molecular formula is C23H27N7OS. The number of aliphatic imine (C=N–C) groups is 1. The Morgan fingerprint density at radius 3 is 2.72 bits per heavy atom. The zero-order chi connectivity index (χ0) is 22.2. The van der Waals surface area contributed by atoms with E-state index in [0.29, 0.717) is 18.2 Å². The normalized spacial score (nSPS) is 16.8. The van der Waals surface area contributed by atoms with Crippen molar-refractivity contribution in [3.63, 3.8) is 0 Å². The average Bonchev–Trinajstić information content (AvgIpc) is 3.47. The maximum absolute atomic E-state index is 12.5. The quantitative estimate of drug-likeness (QED) is 0.647. The maximum Gasteiger partial charge on any atom is 0.240 e. The molecule has 1 aromatic carbocycles. The second kappa shape index (κ2) is 8.57. The first kappa shape index (κ1) is 21.0. The number of fused-ring (bicyclic) bond motifs is 1. The second-order valence-electron chi connectivity index (χ2n) is 8.50. The zero-order valence-corrected chi connectivity index (χ0v) is 19.4. The van der Waals surface area contributed by atoms with Crippen LogP contribution in [0.1, 0.15) is 22.4 Å². The summed E-state index contributed by atoms with van der Waals surface area (Å²) in [7, 11) is 4.03. The van der Waals surface area contributed by atoms with Crippen LogP contribution in [-0.2, 0) is 18.4 Å². The summed E-state index contributed by atoms with van der Waals surface area (Å²) in [6.45, 7) is 6.91. The summed E-state index contributed by atoms with van der Waals surface area (Å²) in [5.41, 5.74) is 6.44. The molecule has 5 rings (SSSR count). The van der Waals surface area contributed by atoms with E-state index < -0.39 is 0 Å². The van der Waals surface area contributed by atoms with Crippen LogP contribution in [-0.4, -0.2) is 76.0 Å². The molecule has 1 saturated heterocycles. The number of thiazole rings is 1. The Hall–Kier alpha value is -2.88. The van der Waals surface area contributed by atoms with Crippen molar-refractivity contribution in [1.29, 1.82) is 0 Å². The molecule has 8 nitrogen and oxygen atoms in total. The van der Waals surface area contributed by atoms with Gasteiger partial charge in [-0.15, -0.1) is 0 Å². The third kappa shape index (κ3) is 4.23. The molecule has 4 heterocycles. The van der Waals surface area contributed by atoms with Crippen LogP contribution in [0, 0.1) is 6.92 Å². The number of aryl methyl sites for hydroxylation is 2. The molecule has 1 fully saturated rings. The fraction of sp³-hybridized carbons (Fsp3) is 0.391. The molecule has 2 aliphatic rings. The van der Waals surface area contributed by atoms with Crippen molar-refractivity contribution < 1.29 is 4.79 Å². The number of rotatable bonds is 5. The van der Waals surface area contributed by atoms with Crippen molar-refractivity contribution in [3.05, 3.63) is 53.0 Å². The number of piperazine rings is 1. The lowest BCUT2D eigenvalue weighted by Gasteiger charge is -2.31. The summed E-state index contributed by atoms with van der Waals surface area (Å²) in [6.07, 6.45) is 3.85. The van der Waals surface area contributed by atoms with E-state index in [1.807, 2.05) is 26.4 Å². The predicted octanol–water partition coefficient (Wildman–Crippen LogP) is 2.39. The van der Waals surface area contributed by atoms with Gasteiger partial charge in [0.05, 0.1) is 35.6 Å². The molecule has 3 aromatic rings. The van der Waals surface area contributed by atoms with E-state index in [9.17, 15) is 4.79 Å². The lowest BCUT2D eigenvalue weighted by Crippen LogP contribution is -2.47. The second-order valence-corrected chi connectivity index (χ2v) is 9.50. The number of amides is 1. The van der Waals surface area contributed by atoms with Gasteiger partial charge in [-0.2, -0.15) is 5.10 Å². The number of nitrogens with one attached hydrogen (secondary N) is 1. The summed E-state index contributed by atoms with van der Waals surface area (Å²) in [5.74, 6) is -0.00156. The lowest BCUT2D eigenvalue weighted by molar-refractivity contribution is -0.117. The number of hydrogen-bond acceptors (Lipinski definition) is 7. The third-order valence-corrected chi connectivity index (χ3v) is 7.14. The fourth-order valence-electron chi connectivity index (χ4n) is 4.22. The molecule has 0 bridgehead atoms. The molecule has 0 atom stereocenters. The molecule has 32 heavy (non-hydrogen) atoms. The van der Waals surface area contributed by atoms with E-state index in [2.05, 4.69) is 50.4 Å². The van der Waals surface area contributed by atoms with Crippen LogP contribution in [0.2, 0.25) is 0 Å². The lowest BCUT2D eigenvalue weighted by atomic mass is 9.99. The van der Waals surface area contributed by atoms with Crippen molar-refractivity contribution in [2.75, 3.05) is 45.1 Å². The Morgan fingerprint density at radius 1 is 1.16 bits per heavy atom. The zero-order valence-electron chi connectivity index (χ0n) is 18.6. The molecule has 9 heteroatoms. The molecule has 1 amide bonds. The molecule has 1 N–H and O–H groups in total. The predicted molar refractivity (Wildman–Crippen MR) is 127 cm³/mol. The van der Waals surface area contributed by atoms with E-state index >= 15 is 0 Å². The van der Waals surface area contributed by atoms with Gasteiger partial charge < -0.3 is 10.2 Å². The molecule has 0 saturated carbocycles. The molecule has 2 aliphatic heterocycles. The topological polar surface area (TPSA) is 78.7 Å². The SMILES string of the molecule is Cc1nc(NC(=O)CN2CCN(C)CC2)sc1-c1ccc2c(c1)CN=C2c1cnn(C)c1. The summed E-state index contributed by atoms with van der Waals surface area (Å²) < 4.78 is 1.80. The average molecular weight is 450 g/mol. The van der Waals surface area contributed by atoms with E-state index in [0.717, 1.165) is 59.2 Å². The minimum atomic E-state index is -0.00156. The smallest absolute Gasteiger partial charge is 0.240 e. The van der Waals surface area contributed by atoms with E-state index in [1.54, 1.807) is 4.68 Å². The van der Waals surface area contributed by atoms with Crippen LogP contribution in [0.15, 0.2) is 35.6 Å². The summed E-state index contributed by atoms with van der Waals surface area (Å²) in [6, 6.07) is 6.44. The molecule has 0 radical (unpaired) electrons. The highest BCUT2D eigenvalue weighted by Gasteiger charge is 2.21. The van der Waals surface area contributed by atoms with Crippen molar-refractivity contribution in [1.82, 2.24) is 24.6 Å². The van der Waals surface area contributed by atoms with Crippen molar-refractivity contribution >= 4 is 28.1 Å². The van der Waals surface area contributed by atoms with Crippen molar-refractivity contribution in [2.24, 2.45) is 12.0 Å². The summed E-state index contributed by atoms with van der Waals surface area (Å²) >= 11 is 1.53. The van der Waals surface area contributed by atoms with Crippen molar-refractivity contribution in [2.45, 2.75) is 13.5 Å². The van der Waals surface area contributed by atoms with Gasteiger partial charge in [0, 0.05) is 50.6 Å². The number of likely N-dealkylation sites (N-methyl/N-ethyl adjacent to an activating group) is 1. The van der Waals surface area contributed by atoms with Gasteiger partial charge in [-0.05, 0) is 31.2 Å². The van der Waals surface area contributed by atoms with Gasteiger partial charge in [0.25, 0.3) is 0 Å². The molecule has 0 unspecified atom stereocenters. The van der Waals surface area contributed by atoms with Gasteiger partial charge in [0.15, 0.2) is 5.13 Å². The first-order valence-electron chi connectivity index (χ1n) is 10.8.